The topological polar surface area (TPSA) is 42.0 Å². The molecule has 1 saturated carbocycles. The molecular formula is C15H15ClN2O. The normalized spacial score (nSPS) is 20.3. The molecule has 0 radical (unpaired) electrons. The zero-order valence-electron chi connectivity index (χ0n) is 10.9. The van der Waals surface area contributed by atoms with Crippen molar-refractivity contribution in [1.29, 1.82) is 0 Å². The van der Waals surface area contributed by atoms with Crippen molar-refractivity contribution in [3.63, 3.8) is 0 Å². The number of carbonyl (C=O) groups excluding carboxylic acids is 1. The summed E-state index contributed by atoms with van der Waals surface area (Å²) in [5.74, 6) is -0.0732. The summed E-state index contributed by atoms with van der Waals surface area (Å²) in [6.07, 6.45) is 2.58. The molecule has 4 heteroatoms. The van der Waals surface area contributed by atoms with Gasteiger partial charge in [0.2, 0.25) is 0 Å². The van der Waals surface area contributed by atoms with Crippen molar-refractivity contribution in [1.82, 2.24) is 10.3 Å². The van der Waals surface area contributed by atoms with Crippen molar-refractivity contribution >= 4 is 28.3 Å². The molecule has 98 valence electrons. The molecule has 3 nitrogen and oxygen atoms in total. The van der Waals surface area contributed by atoms with Crippen LogP contribution < -0.4 is 5.32 Å². The standard InChI is InChI=1S/C15H15ClN2O/c1-15(2)7-12(15)18-14(19)11-8-17-13(16)10-6-4-3-5-9(10)11/h3-6,8,12H,7H2,1-2H3,(H,18,19). The number of rotatable bonds is 2. The van der Waals surface area contributed by atoms with Gasteiger partial charge in [0.15, 0.2) is 0 Å². The minimum Gasteiger partial charge on any atom is -0.349 e. The van der Waals surface area contributed by atoms with E-state index >= 15 is 0 Å². The summed E-state index contributed by atoms with van der Waals surface area (Å²) in [7, 11) is 0. The fourth-order valence-corrected chi connectivity index (χ4v) is 2.50. The molecule has 1 atom stereocenters. The largest absolute Gasteiger partial charge is 0.349 e. The molecule has 1 aromatic carbocycles. The van der Waals surface area contributed by atoms with Gasteiger partial charge in [-0.2, -0.15) is 0 Å². The van der Waals surface area contributed by atoms with Gasteiger partial charge in [0.05, 0.1) is 5.56 Å². The van der Waals surface area contributed by atoms with Crippen LogP contribution in [-0.2, 0) is 0 Å². The van der Waals surface area contributed by atoms with Gasteiger partial charge in [-0.1, -0.05) is 49.7 Å². The van der Waals surface area contributed by atoms with Gasteiger partial charge in [-0.3, -0.25) is 4.79 Å². The molecule has 1 fully saturated rings. The molecule has 19 heavy (non-hydrogen) atoms. The molecule has 1 aliphatic rings. The summed E-state index contributed by atoms with van der Waals surface area (Å²) in [5.41, 5.74) is 0.799. The van der Waals surface area contributed by atoms with Crippen molar-refractivity contribution in [3.05, 3.63) is 41.2 Å². The van der Waals surface area contributed by atoms with E-state index in [2.05, 4.69) is 24.1 Å². The molecule has 1 N–H and O–H groups in total. The van der Waals surface area contributed by atoms with Crippen molar-refractivity contribution in [2.24, 2.45) is 5.41 Å². The first-order valence-corrected chi connectivity index (χ1v) is 6.71. The Morgan fingerprint density at radius 1 is 1.37 bits per heavy atom. The third-order valence-electron chi connectivity index (χ3n) is 3.81. The number of hydrogen-bond donors (Lipinski definition) is 1. The van der Waals surface area contributed by atoms with Crippen LogP contribution in [0.3, 0.4) is 0 Å². The monoisotopic (exact) mass is 274 g/mol. The van der Waals surface area contributed by atoms with Crippen molar-refractivity contribution in [2.75, 3.05) is 0 Å². The van der Waals surface area contributed by atoms with Crippen LogP contribution in [0.2, 0.25) is 5.15 Å². The van der Waals surface area contributed by atoms with Gasteiger partial charge >= 0.3 is 0 Å². The van der Waals surface area contributed by atoms with Gasteiger partial charge in [0, 0.05) is 17.6 Å². The Morgan fingerprint density at radius 2 is 2.00 bits per heavy atom. The second-order valence-corrected chi connectivity index (χ2v) is 6.09. The maximum absolute atomic E-state index is 12.3. The van der Waals surface area contributed by atoms with Crippen LogP contribution in [0, 0.1) is 5.41 Å². The van der Waals surface area contributed by atoms with E-state index in [0.717, 1.165) is 17.2 Å². The number of amides is 1. The quantitative estimate of drug-likeness (QED) is 0.853. The van der Waals surface area contributed by atoms with E-state index in [-0.39, 0.29) is 17.4 Å². The SMILES string of the molecule is CC1(C)CC1NC(=O)c1cnc(Cl)c2ccccc12. The van der Waals surface area contributed by atoms with E-state index in [1.54, 1.807) is 6.20 Å². The van der Waals surface area contributed by atoms with Gasteiger partial charge in [0.1, 0.15) is 5.15 Å². The fourth-order valence-electron chi connectivity index (χ4n) is 2.29. The summed E-state index contributed by atoms with van der Waals surface area (Å²) in [4.78, 5) is 16.4. The fraction of sp³-hybridized carbons (Fsp3) is 0.333. The molecule has 2 aromatic rings. The van der Waals surface area contributed by atoms with E-state index in [4.69, 9.17) is 11.6 Å². The number of pyridine rings is 1. The van der Waals surface area contributed by atoms with Crippen LogP contribution >= 0.6 is 11.6 Å². The Morgan fingerprint density at radius 3 is 2.63 bits per heavy atom. The Labute approximate surface area is 117 Å². The minimum atomic E-state index is -0.0732. The lowest BCUT2D eigenvalue weighted by Crippen LogP contribution is -2.28. The van der Waals surface area contributed by atoms with Crippen molar-refractivity contribution < 1.29 is 4.79 Å². The highest BCUT2D eigenvalue weighted by Crippen LogP contribution is 2.44. The first-order chi connectivity index (χ1) is 8.99. The first-order valence-electron chi connectivity index (χ1n) is 6.33. The van der Waals surface area contributed by atoms with Crippen LogP contribution in [0.4, 0.5) is 0 Å². The molecule has 0 aliphatic heterocycles. The minimum absolute atomic E-state index is 0.0732. The molecular weight excluding hydrogens is 260 g/mol. The average molecular weight is 275 g/mol. The van der Waals surface area contributed by atoms with Gasteiger partial charge in [-0.15, -0.1) is 0 Å². The van der Waals surface area contributed by atoms with Crippen LogP contribution in [-0.4, -0.2) is 16.9 Å². The Bertz CT molecular complexity index is 666. The third kappa shape index (κ3) is 2.19. The molecule has 3 rings (SSSR count). The Hall–Kier alpha value is -1.61. The van der Waals surface area contributed by atoms with E-state index in [0.29, 0.717) is 10.7 Å². The van der Waals surface area contributed by atoms with Gasteiger partial charge in [-0.05, 0) is 17.2 Å². The predicted octanol–water partition coefficient (Wildman–Crippen LogP) is 3.42. The summed E-state index contributed by atoms with van der Waals surface area (Å²) in [6, 6.07) is 7.82. The predicted molar refractivity (Wildman–Crippen MR) is 76.4 cm³/mol. The van der Waals surface area contributed by atoms with E-state index in [1.165, 1.54) is 0 Å². The van der Waals surface area contributed by atoms with Gasteiger partial charge in [0.25, 0.3) is 5.91 Å². The lowest BCUT2D eigenvalue weighted by atomic mass is 10.1. The highest BCUT2D eigenvalue weighted by atomic mass is 35.5. The number of benzene rings is 1. The van der Waals surface area contributed by atoms with E-state index < -0.39 is 0 Å². The molecule has 1 aromatic heterocycles. The number of halogens is 1. The molecule has 1 heterocycles. The molecule has 1 aliphatic carbocycles. The number of carbonyl (C=O) groups is 1. The molecule has 1 unspecified atom stereocenters. The molecule has 1 amide bonds. The number of fused-ring (bicyclic) bond motifs is 1. The summed E-state index contributed by atoms with van der Waals surface area (Å²) >= 11 is 6.05. The smallest absolute Gasteiger partial charge is 0.253 e. The number of nitrogens with zero attached hydrogens (tertiary/aromatic N) is 1. The number of aromatic nitrogens is 1. The summed E-state index contributed by atoms with van der Waals surface area (Å²) in [5, 5.41) is 5.14. The second-order valence-electron chi connectivity index (χ2n) is 5.73. The molecule has 0 saturated heterocycles. The van der Waals surface area contributed by atoms with Gasteiger partial charge in [-0.25, -0.2) is 4.98 Å². The molecule has 0 spiro atoms. The zero-order chi connectivity index (χ0) is 13.6. The van der Waals surface area contributed by atoms with E-state index in [1.807, 2.05) is 24.3 Å². The zero-order valence-corrected chi connectivity index (χ0v) is 11.7. The maximum Gasteiger partial charge on any atom is 0.253 e. The van der Waals surface area contributed by atoms with Crippen molar-refractivity contribution in [2.45, 2.75) is 26.3 Å². The lowest BCUT2D eigenvalue weighted by Gasteiger charge is -2.09. The average Bonchev–Trinajstić information content (AvgIpc) is 2.97. The summed E-state index contributed by atoms with van der Waals surface area (Å²) in [6.45, 7) is 4.30. The van der Waals surface area contributed by atoms with Gasteiger partial charge < -0.3 is 5.32 Å². The maximum atomic E-state index is 12.3. The first kappa shape index (κ1) is 12.4. The lowest BCUT2D eigenvalue weighted by molar-refractivity contribution is 0.0947. The summed E-state index contributed by atoms with van der Waals surface area (Å²) < 4.78 is 0. The molecule has 0 bridgehead atoms. The second kappa shape index (κ2) is 4.20. The van der Waals surface area contributed by atoms with Crippen LogP contribution in [0.5, 0.6) is 0 Å². The van der Waals surface area contributed by atoms with E-state index in [9.17, 15) is 4.79 Å². The Balaban J connectivity index is 1.97. The van der Waals surface area contributed by atoms with Crippen LogP contribution in [0.15, 0.2) is 30.5 Å². The number of hydrogen-bond acceptors (Lipinski definition) is 2. The highest BCUT2D eigenvalue weighted by Gasteiger charge is 2.46. The number of nitrogens with one attached hydrogen (secondary N) is 1. The van der Waals surface area contributed by atoms with Crippen LogP contribution in [0.25, 0.3) is 10.8 Å². The Kier molecular flexibility index (Phi) is 2.75. The van der Waals surface area contributed by atoms with Crippen LogP contribution in [0.1, 0.15) is 30.6 Å². The third-order valence-corrected chi connectivity index (χ3v) is 4.11. The van der Waals surface area contributed by atoms with Crippen molar-refractivity contribution in [3.8, 4) is 0 Å². The highest BCUT2D eigenvalue weighted by molar-refractivity contribution is 6.34.